The van der Waals surface area contributed by atoms with Crippen LogP contribution in [0.3, 0.4) is 0 Å². The lowest BCUT2D eigenvalue weighted by Gasteiger charge is -2.29. The number of likely N-dealkylation sites (tertiary alicyclic amines) is 1. The molecule has 0 spiro atoms. The number of Topliss-reactive ketones (excluding diaryl/α,β-unsaturated/α-hetero) is 1. The maximum atomic E-state index is 11.9. The van der Waals surface area contributed by atoms with Crippen LogP contribution in [-0.2, 0) is 18.3 Å². The zero-order valence-electron chi connectivity index (χ0n) is 11.0. The molecule has 1 aliphatic heterocycles. The summed E-state index contributed by atoms with van der Waals surface area (Å²) in [7, 11) is 1.91. The molecular weight excluding hydrogens is 228 g/mol. The molecule has 1 saturated heterocycles. The van der Waals surface area contributed by atoms with Crippen LogP contribution in [0.4, 0.5) is 0 Å². The summed E-state index contributed by atoms with van der Waals surface area (Å²) in [4.78, 5) is 14.1. The first-order chi connectivity index (χ1) is 8.65. The molecule has 0 bridgehead atoms. The van der Waals surface area contributed by atoms with Gasteiger partial charge in [-0.15, -0.1) is 0 Å². The highest BCUT2D eigenvalue weighted by Crippen LogP contribution is 2.09. The second-order valence-electron chi connectivity index (χ2n) is 5.10. The van der Waals surface area contributed by atoms with Gasteiger partial charge in [-0.05, 0) is 25.3 Å². The van der Waals surface area contributed by atoms with Crippen molar-refractivity contribution in [3.05, 3.63) is 18.0 Å². The van der Waals surface area contributed by atoms with Crippen molar-refractivity contribution in [1.82, 2.24) is 14.7 Å². The van der Waals surface area contributed by atoms with E-state index in [4.69, 9.17) is 5.73 Å². The number of carbonyl (C=O) groups is 1. The summed E-state index contributed by atoms with van der Waals surface area (Å²) in [6.45, 7) is 2.49. The average molecular weight is 250 g/mol. The molecular formula is C13H22N4O. The van der Waals surface area contributed by atoms with E-state index < -0.39 is 0 Å². The molecule has 0 radical (unpaired) electrons. The number of carbonyl (C=O) groups excluding carboxylic acids is 1. The summed E-state index contributed by atoms with van der Waals surface area (Å²) >= 11 is 0. The Bertz CT molecular complexity index is 393. The minimum atomic E-state index is 0.312. The van der Waals surface area contributed by atoms with Crippen molar-refractivity contribution in [1.29, 1.82) is 0 Å². The fourth-order valence-electron chi connectivity index (χ4n) is 2.35. The van der Waals surface area contributed by atoms with Crippen LogP contribution in [0.5, 0.6) is 0 Å². The highest BCUT2D eigenvalue weighted by molar-refractivity contribution is 5.80. The third kappa shape index (κ3) is 3.65. The molecule has 2 heterocycles. The van der Waals surface area contributed by atoms with E-state index in [9.17, 15) is 4.79 Å². The number of aryl methyl sites for hydroxylation is 2. The van der Waals surface area contributed by atoms with Crippen molar-refractivity contribution in [2.24, 2.45) is 12.8 Å². The minimum Gasteiger partial charge on any atom is -0.328 e. The fraction of sp³-hybridized carbons (Fsp3) is 0.692. The summed E-state index contributed by atoms with van der Waals surface area (Å²) < 4.78 is 1.83. The molecule has 1 aliphatic rings. The molecule has 18 heavy (non-hydrogen) atoms. The maximum Gasteiger partial charge on any atom is 0.147 e. The van der Waals surface area contributed by atoms with Crippen molar-refractivity contribution in [2.45, 2.75) is 31.7 Å². The number of nitrogens with two attached hydrogens (primary N) is 1. The van der Waals surface area contributed by atoms with E-state index >= 15 is 0 Å². The minimum absolute atomic E-state index is 0.312. The molecule has 1 fully saturated rings. The van der Waals surface area contributed by atoms with E-state index in [0.29, 0.717) is 24.8 Å². The molecule has 1 aromatic heterocycles. The number of hydrogen-bond donors (Lipinski definition) is 1. The average Bonchev–Trinajstić information content (AvgIpc) is 2.75. The third-order valence-electron chi connectivity index (χ3n) is 3.61. The molecule has 0 unspecified atom stereocenters. The molecule has 0 aliphatic carbocycles. The molecule has 0 saturated carbocycles. The fourth-order valence-corrected chi connectivity index (χ4v) is 2.35. The van der Waals surface area contributed by atoms with E-state index in [1.165, 1.54) is 0 Å². The van der Waals surface area contributed by atoms with Gasteiger partial charge in [-0.3, -0.25) is 14.4 Å². The van der Waals surface area contributed by atoms with E-state index in [0.717, 1.165) is 38.0 Å². The zero-order chi connectivity index (χ0) is 13.0. The van der Waals surface area contributed by atoms with Crippen molar-refractivity contribution in [3.63, 3.8) is 0 Å². The van der Waals surface area contributed by atoms with Gasteiger partial charge in [0.05, 0.1) is 6.54 Å². The summed E-state index contributed by atoms with van der Waals surface area (Å²) in [6.07, 6.45) is 5.17. The Kier molecular flexibility index (Phi) is 4.49. The van der Waals surface area contributed by atoms with Crippen LogP contribution in [0.1, 0.15) is 25.0 Å². The third-order valence-corrected chi connectivity index (χ3v) is 3.61. The highest BCUT2D eigenvalue weighted by Gasteiger charge is 2.18. The molecule has 0 aromatic carbocycles. The van der Waals surface area contributed by atoms with Crippen LogP contribution < -0.4 is 5.73 Å². The molecule has 0 amide bonds. The predicted molar refractivity (Wildman–Crippen MR) is 70.2 cm³/mol. The van der Waals surface area contributed by atoms with Crippen LogP contribution in [-0.4, -0.2) is 46.1 Å². The Labute approximate surface area is 108 Å². The number of rotatable bonds is 5. The SMILES string of the molecule is Cn1nccc1CCC(=O)CN1CCC(N)CC1. The normalized spacial score (nSPS) is 18.1. The molecule has 2 N–H and O–H groups in total. The van der Waals surface area contributed by atoms with Gasteiger partial charge >= 0.3 is 0 Å². The second kappa shape index (κ2) is 6.11. The van der Waals surface area contributed by atoms with Crippen LogP contribution in [0.25, 0.3) is 0 Å². The van der Waals surface area contributed by atoms with Gasteiger partial charge in [0.25, 0.3) is 0 Å². The van der Waals surface area contributed by atoms with Crippen molar-refractivity contribution < 1.29 is 4.79 Å². The summed E-state index contributed by atoms with van der Waals surface area (Å²) in [5.41, 5.74) is 6.96. The second-order valence-corrected chi connectivity index (χ2v) is 5.10. The predicted octanol–water partition coefficient (Wildman–Crippen LogP) is 0.345. The maximum absolute atomic E-state index is 11.9. The molecule has 5 heteroatoms. The Hall–Kier alpha value is -1.20. The quantitative estimate of drug-likeness (QED) is 0.819. The van der Waals surface area contributed by atoms with E-state index in [2.05, 4.69) is 10.00 Å². The standard InChI is InChI=1S/C13H22N4O/c1-16-12(4-7-15-16)2-3-13(18)10-17-8-5-11(14)6-9-17/h4,7,11H,2-3,5-6,8-10,14H2,1H3. The molecule has 0 atom stereocenters. The lowest BCUT2D eigenvalue weighted by atomic mass is 10.1. The number of piperidine rings is 1. The van der Waals surface area contributed by atoms with Gasteiger partial charge in [-0.25, -0.2) is 0 Å². The van der Waals surface area contributed by atoms with Crippen molar-refractivity contribution >= 4 is 5.78 Å². The van der Waals surface area contributed by atoms with Crippen LogP contribution >= 0.6 is 0 Å². The first-order valence-electron chi connectivity index (χ1n) is 6.61. The van der Waals surface area contributed by atoms with Crippen LogP contribution in [0.2, 0.25) is 0 Å². The molecule has 5 nitrogen and oxygen atoms in total. The van der Waals surface area contributed by atoms with Crippen molar-refractivity contribution in [2.75, 3.05) is 19.6 Å². The Morgan fingerprint density at radius 2 is 2.22 bits per heavy atom. The monoisotopic (exact) mass is 250 g/mol. The van der Waals surface area contributed by atoms with Gasteiger partial charge in [0, 0.05) is 44.5 Å². The largest absolute Gasteiger partial charge is 0.328 e. The van der Waals surface area contributed by atoms with Crippen molar-refractivity contribution in [3.8, 4) is 0 Å². The number of nitrogens with zero attached hydrogens (tertiary/aromatic N) is 3. The summed E-state index contributed by atoms with van der Waals surface area (Å²) in [5.74, 6) is 0.312. The zero-order valence-corrected chi connectivity index (χ0v) is 11.0. The van der Waals surface area contributed by atoms with Gasteiger partial charge in [-0.1, -0.05) is 0 Å². The smallest absolute Gasteiger partial charge is 0.147 e. The van der Waals surface area contributed by atoms with Gasteiger partial charge in [0.1, 0.15) is 5.78 Å². The Morgan fingerprint density at radius 3 is 2.83 bits per heavy atom. The lowest BCUT2D eigenvalue weighted by molar-refractivity contribution is -0.120. The lowest BCUT2D eigenvalue weighted by Crippen LogP contribution is -2.41. The first kappa shape index (κ1) is 13.2. The van der Waals surface area contributed by atoms with Crippen LogP contribution in [0, 0.1) is 0 Å². The molecule has 2 rings (SSSR count). The van der Waals surface area contributed by atoms with Gasteiger partial charge < -0.3 is 5.73 Å². The Balaban J connectivity index is 1.71. The number of ketones is 1. The highest BCUT2D eigenvalue weighted by atomic mass is 16.1. The Morgan fingerprint density at radius 1 is 1.50 bits per heavy atom. The topological polar surface area (TPSA) is 64.2 Å². The summed E-state index contributed by atoms with van der Waals surface area (Å²) in [6, 6.07) is 2.29. The van der Waals surface area contributed by atoms with Gasteiger partial charge in [0.2, 0.25) is 0 Å². The van der Waals surface area contributed by atoms with Gasteiger partial charge in [0.15, 0.2) is 0 Å². The van der Waals surface area contributed by atoms with E-state index in [-0.39, 0.29) is 0 Å². The molecule has 1 aromatic rings. The van der Waals surface area contributed by atoms with Crippen LogP contribution in [0.15, 0.2) is 12.3 Å². The summed E-state index contributed by atoms with van der Waals surface area (Å²) in [5, 5.41) is 4.10. The first-order valence-corrected chi connectivity index (χ1v) is 6.61. The molecule has 100 valence electrons. The van der Waals surface area contributed by atoms with E-state index in [1.54, 1.807) is 6.20 Å². The number of hydrogen-bond acceptors (Lipinski definition) is 4. The van der Waals surface area contributed by atoms with Gasteiger partial charge in [-0.2, -0.15) is 5.10 Å². The number of aromatic nitrogens is 2. The van der Waals surface area contributed by atoms with E-state index in [1.807, 2.05) is 17.8 Å².